The van der Waals surface area contributed by atoms with Crippen LogP contribution in [0.5, 0.6) is 5.75 Å². The van der Waals surface area contributed by atoms with Crippen molar-refractivity contribution in [2.24, 2.45) is 0 Å². The van der Waals surface area contributed by atoms with Gasteiger partial charge in [-0.2, -0.15) is 0 Å². The van der Waals surface area contributed by atoms with Crippen molar-refractivity contribution in [2.45, 2.75) is 18.9 Å². The number of hydrogen-bond acceptors (Lipinski definition) is 3. The molecule has 1 fully saturated rings. The summed E-state index contributed by atoms with van der Waals surface area (Å²) in [5, 5.41) is 2.92. The van der Waals surface area contributed by atoms with Crippen LogP contribution in [-0.4, -0.2) is 43.6 Å². The molecule has 1 aromatic rings. The summed E-state index contributed by atoms with van der Waals surface area (Å²) < 4.78 is 18.4. The summed E-state index contributed by atoms with van der Waals surface area (Å²) in [6.45, 7) is 1.82. The maximum atomic E-state index is 13.3. The highest BCUT2D eigenvalue weighted by Gasteiger charge is 2.18. The summed E-state index contributed by atoms with van der Waals surface area (Å²) >= 11 is 0. The van der Waals surface area contributed by atoms with E-state index in [1.165, 1.54) is 12.1 Å². The molecule has 0 aromatic heterocycles. The van der Waals surface area contributed by atoms with E-state index in [0.29, 0.717) is 0 Å². The molecular weight excluding hydrogens is 247 g/mol. The molecule has 0 unspecified atom stereocenters. The first kappa shape index (κ1) is 13.8. The molecule has 5 heteroatoms. The molecule has 1 aliphatic rings. The number of carbonyl (C=O) groups is 1. The van der Waals surface area contributed by atoms with E-state index >= 15 is 0 Å². The molecule has 2 rings (SSSR count). The average molecular weight is 266 g/mol. The number of carbonyl (C=O) groups excluding carboxylic acids is 1. The number of nitrogens with one attached hydrogen (secondary N) is 1. The highest BCUT2D eigenvalue weighted by atomic mass is 19.1. The molecule has 1 heterocycles. The van der Waals surface area contributed by atoms with Gasteiger partial charge < -0.3 is 15.0 Å². The van der Waals surface area contributed by atoms with Gasteiger partial charge in [0.05, 0.1) is 0 Å². The summed E-state index contributed by atoms with van der Waals surface area (Å²) in [5.41, 5.74) is 0. The number of amides is 1. The number of para-hydroxylation sites is 1. The fourth-order valence-corrected chi connectivity index (χ4v) is 2.13. The topological polar surface area (TPSA) is 41.6 Å². The van der Waals surface area contributed by atoms with E-state index in [9.17, 15) is 9.18 Å². The standard InChI is InChI=1S/C14H19FN2O2/c1-17-8-6-11(7-9-17)16-14(18)10-19-13-5-3-2-4-12(13)15/h2-5,11H,6-10H2,1H3,(H,16,18). The molecule has 1 saturated heterocycles. The van der Waals surface area contributed by atoms with Crippen LogP contribution >= 0.6 is 0 Å². The lowest BCUT2D eigenvalue weighted by Crippen LogP contribution is -2.44. The monoisotopic (exact) mass is 266 g/mol. The van der Waals surface area contributed by atoms with Crippen LogP contribution in [0.1, 0.15) is 12.8 Å². The van der Waals surface area contributed by atoms with Crippen molar-refractivity contribution in [1.82, 2.24) is 10.2 Å². The van der Waals surface area contributed by atoms with Gasteiger partial charge in [-0.3, -0.25) is 4.79 Å². The Bertz CT molecular complexity index is 431. The third-order valence-corrected chi connectivity index (χ3v) is 3.28. The van der Waals surface area contributed by atoms with Gasteiger partial charge in [0.2, 0.25) is 0 Å². The molecule has 0 saturated carbocycles. The fraction of sp³-hybridized carbons (Fsp3) is 0.500. The Labute approximate surface area is 112 Å². The van der Waals surface area contributed by atoms with Crippen LogP contribution in [0.4, 0.5) is 4.39 Å². The van der Waals surface area contributed by atoms with Crippen LogP contribution in [0.15, 0.2) is 24.3 Å². The third kappa shape index (κ3) is 4.21. The first-order valence-electron chi connectivity index (χ1n) is 6.50. The van der Waals surface area contributed by atoms with Gasteiger partial charge >= 0.3 is 0 Å². The Morgan fingerprint density at radius 3 is 2.79 bits per heavy atom. The van der Waals surface area contributed by atoms with E-state index in [2.05, 4.69) is 17.3 Å². The van der Waals surface area contributed by atoms with E-state index in [1.807, 2.05) is 0 Å². The van der Waals surface area contributed by atoms with Crippen LogP contribution in [0.25, 0.3) is 0 Å². The molecule has 0 spiro atoms. The van der Waals surface area contributed by atoms with Gasteiger partial charge in [-0.25, -0.2) is 4.39 Å². The SMILES string of the molecule is CN1CCC(NC(=O)COc2ccccc2F)CC1. The molecule has 1 amide bonds. The van der Waals surface area contributed by atoms with E-state index in [1.54, 1.807) is 12.1 Å². The zero-order valence-electron chi connectivity index (χ0n) is 11.1. The number of ether oxygens (including phenoxy) is 1. The number of rotatable bonds is 4. The minimum Gasteiger partial charge on any atom is -0.481 e. The second-order valence-electron chi connectivity index (χ2n) is 4.86. The largest absolute Gasteiger partial charge is 0.481 e. The maximum absolute atomic E-state index is 13.3. The molecule has 0 radical (unpaired) electrons. The van der Waals surface area contributed by atoms with Crippen molar-refractivity contribution in [3.63, 3.8) is 0 Å². The van der Waals surface area contributed by atoms with Crippen molar-refractivity contribution < 1.29 is 13.9 Å². The minimum absolute atomic E-state index is 0.112. The van der Waals surface area contributed by atoms with Gasteiger partial charge in [-0.15, -0.1) is 0 Å². The van der Waals surface area contributed by atoms with Crippen LogP contribution in [0.2, 0.25) is 0 Å². The first-order valence-corrected chi connectivity index (χ1v) is 6.50. The quantitative estimate of drug-likeness (QED) is 0.896. The van der Waals surface area contributed by atoms with Gasteiger partial charge in [0.1, 0.15) is 0 Å². The predicted octanol–water partition coefficient (Wildman–Crippen LogP) is 1.41. The molecule has 1 N–H and O–H groups in total. The minimum atomic E-state index is -0.449. The number of hydrogen-bond donors (Lipinski definition) is 1. The van der Waals surface area contributed by atoms with Gasteiger partial charge in [0.15, 0.2) is 18.2 Å². The van der Waals surface area contributed by atoms with Crippen molar-refractivity contribution >= 4 is 5.91 Å². The maximum Gasteiger partial charge on any atom is 0.258 e. The lowest BCUT2D eigenvalue weighted by molar-refractivity contribution is -0.124. The molecule has 104 valence electrons. The third-order valence-electron chi connectivity index (χ3n) is 3.28. The Balaban J connectivity index is 1.74. The summed E-state index contributed by atoms with van der Waals surface area (Å²) in [5.74, 6) is -0.534. The molecular formula is C14H19FN2O2. The lowest BCUT2D eigenvalue weighted by atomic mass is 10.1. The smallest absolute Gasteiger partial charge is 0.258 e. The second kappa shape index (κ2) is 6.52. The molecule has 1 aliphatic heterocycles. The predicted molar refractivity (Wildman–Crippen MR) is 70.6 cm³/mol. The number of benzene rings is 1. The summed E-state index contributed by atoms with van der Waals surface area (Å²) in [6.07, 6.45) is 1.89. The Morgan fingerprint density at radius 2 is 2.11 bits per heavy atom. The molecule has 4 nitrogen and oxygen atoms in total. The van der Waals surface area contributed by atoms with Gasteiger partial charge in [0.25, 0.3) is 5.91 Å². The number of halogens is 1. The Hall–Kier alpha value is -1.62. The van der Waals surface area contributed by atoms with E-state index in [-0.39, 0.29) is 24.3 Å². The highest BCUT2D eigenvalue weighted by Crippen LogP contribution is 2.15. The Kier molecular flexibility index (Phi) is 4.74. The zero-order chi connectivity index (χ0) is 13.7. The number of piperidine rings is 1. The van der Waals surface area contributed by atoms with Crippen molar-refractivity contribution in [2.75, 3.05) is 26.7 Å². The summed E-state index contributed by atoms with van der Waals surface area (Å²) in [7, 11) is 2.07. The van der Waals surface area contributed by atoms with E-state index in [4.69, 9.17) is 4.74 Å². The molecule has 19 heavy (non-hydrogen) atoms. The average Bonchev–Trinajstić information content (AvgIpc) is 2.40. The number of likely N-dealkylation sites (tertiary alicyclic amines) is 1. The van der Waals surface area contributed by atoms with Crippen molar-refractivity contribution in [1.29, 1.82) is 0 Å². The first-order chi connectivity index (χ1) is 9.15. The zero-order valence-corrected chi connectivity index (χ0v) is 11.1. The van der Waals surface area contributed by atoms with Crippen molar-refractivity contribution in [3.8, 4) is 5.75 Å². The highest BCUT2D eigenvalue weighted by molar-refractivity contribution is 5.77. The van der Waals surface area contributed by atoms with E-state index in [0.717, 1.165) is 25.9 Å². The molecule has 0 bridgehead atoms. The number of nitrogens with zero attached hydrogens (tertiary/aromatic N) is 1. The summed E-state index contributed by atoms with van der Waals surface area (Å²) in [6, 6.07) is 6.28. The normalized spacial score (nSPS) is 17.2. The summed E-state index contributed by atoms with van der Waals surface area (Å²) in [4.78, 5) is 13.9. The van der Waals surface area contributed by atoms with E-state index < -0.39 is 5.82 Å². The van der Waals surface area contributed by atoms with Crippen molar-refractivity contribution in [3.05, 3.63) is 30.1 Å². The van der Waals surface area contributed by atoms with Crippen LogP contribution in [-0.2, 0) is 4.79 Å². The molecule has 1 aromatic carbocycles. The fourth-order valence-electron chi connectivity index (χ4n) is 2.13. The lowest BCUT2D eigenvalue weighted by Gasteiger charge is -2.29. The van der Waals surface area contributed by atoms with Gasteiger partial charge in [-0.05, 0) is 45.1 Å². The van der Waals surface area contributed by atoms with Crippen LogP contribution in [0.3, 0.4) is 0 Å². The second-order valence-corrected chi connectivity index (χ2v) is 4.86. The van der Waals surface area contributed by atoms with Gasteiger partial charge in [-0.1, -0.05) is 12.1 Å². The van der Waals surface area contributed by atoms with Crippen LogP contribution < -0.4 is 10.1 Å². The van der Waals surface area contributed by atoms with Gasteiger partial charge in [0, 0.05) is 6.04 Å². The molecule has 0 aliphatic carbocycles. The van der Waals surface area contributed by atoms with Crippen LogP contribution in [0, 0.1) is 5.82 Å². The Morgan fingerprint density at radius 1 is 1.42 bits per heavy atom. The molecule has 0 atom stereocenters.